The molecule has 2 amide bonds. The Labute approximate surface area is 138 Å². The first-order valence-corrected chi connectivity index (χ1v) is 8.15. The van der Waals surface area contributed by atoms with Crippen molar-refractivity contribution >= 4 is 33.6 Å². The minimum atomic E-state index is -0.639. The summed E-state index contributed by atoms with van der Waals surface area (Å²) in [5.74, 6) is -0.774. The van der Waals surface area contributed by atoms with Crippen molar-refractivity contribution in [3.63, 3.8) is 0 Å². The average molecular weight is 322 g/mol. The number of amides is 2. The fraction of sp³-hybridized carbons (Fsp3) is 0.278. The van der Waals surface area contributed by atoms with Crippen LogP contribution >= 0.6 is 0 Å². The Balaban J connectivity index is 1.91. The van der Waals surface area contributed by atoms with E-state index in [1.54, 1.807) is 11.0 Å². The second-order valence-corrected chi connectivity index (χ2v) is 6.17. The number of likely N-dealkylation sites (tertiary alicyclic amines) is 1. The summed E-state index contributed by atoms with van der Waals surface area (Å²) in [6.07, 6.45) is 3.15. The van der Waals surface area contributed by atoms with E-state index in [2.05, 4.69) is 9.97 Å². The lowest BCUT2D eigenvalue weighted by molar-refractivity contribution is 0.0718. The zero-order chi connectivity index (χ0) is 16.7. The molecule has 122 valence electrons. The first kappa shape index (κ1) is 14.7. The predicted octanol–water partition coefficient (Wildman–Crippen LogP) is 2.44. The molecule has 4 rings (SSSR count). The number of piperidine rings is 1. The van der Waals surface area contributed by atoms with Crippen molar-refractivity contribution in [2.45, 2.75) is 19.3 Å². The second-order valence-electron chi connectivity index (χ2n) is 6.17. The van der Waals surface area contributed by atoms with Gasteiger partial charge in [0.15, 0.2) is 5.69 Å². The van der Waals surface area contributed by atoms with Crippen LogP contribution in [0, 0.1) is 0 Å². The van der Waals surface area contributed by atoms with Gasteiger partial charge in [0.1, 0.15) is 5.69 Å². The van der Waals surface area contributed by atoms with Gasteiger partial charge in [0, 0.05) is 29.4 Å². The molecule has 1 aliphatic rings. The molecule has 0 radical (unpaired) electrons. The summed E-state index contributed by atoms with van der Waals surface area (Å²) in [7, 11) is 0. The Bertz CT molecular complexity index is 954. The van der Waals surface area contributed by atoms with E-state index < -0.39 is 5.91 Å². The molecule has 0 saturated carbocycles. The topological polar surface area (TPSA) is 92.1 Å². The number of nitrogens with one attached hydrogen (secondary N) is 1. The third kappa shape index (κ3) is 2.31. The summed E-state index contributed by atoms with van der Waals surface area (Å²) in [5.41, 5.74) is 7.37. The number of para-hydroxylation sites is 1. The minimum Gasteiger partial charge on any atom is -0.364 e. The van der Waals surface area contributed by atoms with E-state index in [0.717, 1.165) is 48.6 Å². The van der Waals surface area contributed by atoms with Gasteiger partial charge in [-0.05, 0) is 31.4 Å². The molecule has 0 spiro atoms. The molecule has 0 unspecified atom stereocenters. The van der Waals surface area contributed by atoms with Gasteiger partial charge in [-0.2, -0.15) is 0 Å². The summed E-state index contributed by atoms with van der Waals surface area (Å²) in [5, 5.41) is 1.75. The number of carbonyl (C=O) groups excluding carboxylic acids is 2. The number of carbonyl (C=O) groups is 2. The largest absolute Gasteiger partial charge is 0.364 e. The molecular weight excluding hydrogens is 304 g/mol. The van der Waals surface area contributed by atoms with Crippen molar-refractivity contribution < 1.29 is 9.59 Å². The van der Waals surface area contributed by atoms with Crippen LogP contribution in [-0.4, -0.2) is 39.8 Å². The molecule has 0 bridgehead atoms. The van der Waals surface area contributed by atoms with E-state index in [4.69, 9.17) is 5.73 Å². The van der Waals surface area contributed by atoms with Crippen LogP contribution in [0.25, 0.3) is 21.8 Å². The summed E-state index contributed by atoms with van der Waals surface area (Å²) in [4.78, 5) is 33.9. The molecule has 6 heteroatoms. The second kappa shape index (κ2) is 5.63. The maximum absolute atomic E-state index is 12.8. The monoisotopic (exact) mass is 322 g/mol. The molecule has 1 aliphatic heterocycles. The summed E-state index contributed by atoms with van der Waals surface area (Å²) in [6.45, 7) is 1.47. The van der Waals surface area contributed by atoms with E-state index in [1.807, 2.05) is 24.3 Å². The molecule has 24 heavy (non-hydrogen) atoms. The van der Waals surface area contributed by atoms with Crippen molar-refractivity contribution in [2.24, 2.45) is 5.73 Å². The Morgan fingerprint density at radius 2 is 1.83 bits per heavy atom. The summed E-state index contributed by atoms with van der Waals surface area (Å²) in [6, 6.07) is 9.47. The van der Waals surface area contributed by atoms with Gasteiger partial charge < -0.3 is 15.6 Å². The predicted molar refractivity (Wildman–Crippen MR) is 91.9 cm³/mol. The number of aromatic nitrogens is 2. The standard InChI is InChI=1S/C18H18N4O2/c19-17(23)16-15-12(11-6-2-3-7-13(11)20-15)10-14(21-16)18(24)22-8-4-1-5-9-22/h2-3,6-7,10,20H,1,4-5,8-9H2,(H2,19,23). The average Bonchev–Trinajstić information content (AvgIpc) is 2.99. The minimum absolute atomic E-state index is 0.115. The van der Waals surface area contributed by atoms with Gasteiger partial charge >= 0.3 is 0 Å². The quantitative estimate of drug-likeness (QED) is 0.759. The number of hydrogen-bond donors (Lipinski definition) is 2. The van der Waals surface area contributed by atoms with Crippen LogP contribution in [0.2, 0.25) is 0 Å². The van der Waals surface area contributed by atoms with Gasteiger partial charge in [-0.1, -0.05) is 18.2 Å². The normalized spacial score (nSPS) is 15.1. The molecule has 1 aromatic carbocycles. The highest BCUT2D eigenvalue weighted by Crippen LogP contribution is 2.28. The van der Waals surface area contributed by atoms with Gasteiger partial charge in [0.2, 0.25) is 0 Å². The van der Waals surface area contributed by atoms with Gasteiger partial charge in [-0.25, -0.2) is 4.98 Å². The van der Waals surface area contributed by atoms with Crippen molar-refractivity contribution in [2.75, 3.05) is 13.1 Å². The number of rotatable bonds is 2. The molecule has 1 saturated heterocycles. The SMILES string of the molecule is NC(=O)c1nc(C(=O)N2CCCCC2)cc2c1[nH]c1ccccc12. The number of H-pyrrole nitrogens is 1. The van der Waals surface area contributed by atoms with Gasteiger partial charge in [-0.15, -0.1) is 0 Å². The number of fused-ring (bicyclic) bond motifs is 3. The number of nitrogens with two attached hydrogens (primary N) is 1. The van der Waals surface area contributed by atoms with E-state index in [9.17, 15) is 9.59 Å². The first-order valence-electron chi connectivity index (χ1n) is 8.15. The third-order valence-corrected chi connectivity index (χ3v) is 4.59. The number of aromatic amines is 1. The molecule has 3 aromatic rings. The van der Waals surface area contributed by atoms with E-state index in [-0.39, 0.29) is 17.3 Å². The maximum atomic E-state index is 12.8. The van der Waals surface area contributed by atoms with Crippen LogP contribution in [0.4, 0.5) is 0 Å². The molecule has 1 fully saturated rings. The van der Waals surface area contributed by atoms with Crippen LogP contribution in [0.3, 0.4) is 0 Å². The van der Waals surface area contributed by atoms with Crippen molar-refractivity contribution in [1.82, 2.24) is 14.9 Å². The summed E-state index contributed by atoms with van der Waals surface area (Å²) < 4.78 is 0. The number of nitrogens with zero attached hydrogens (tertiary/aromatic N) is 2. The zero-order valence-electron chi connectivity index (χ0n) is 13.2. The lowest BCUT2D eigenvalue weighted by Gasteiger charge is -2.26. The van der Waals surface area contributed by atoms with Gasteiger partial charge in [0.25, 0.3) is 11.8 Å². The lowest BCUT2D eigenvalue weighted by Crippen LogP contribution is -2.36. The zero-order valence-corrected chi connectivity index (χ0v) is 13.2. The number of pyridine rings is 1. The molecule has 3 heterocycles. The van der Waals surface area contributed by atoms with Crippen LogP contribution in [0.1, 0.15) is 40.2 Å². The fourth-order valence-electron chi connectivity index (χ4n) is 3.39. The molecule has 0 atom stereocenters. The van der Waals surface area contributed by atoms with E-state index in [0.29, 0.717) is 5.52 Å². The van der Waals surface area contributed by atoms with E-state index in [1.165, 1.54) is 0 Å². The Morgan fingerprint density at radius 3 is 2.58 bits per heavy atom. The van der Waals surface area contributed by atoms with Gasteiger partial charge in [0.05, 0.1) is 5.52 Å². The first-order chi connectivity index (χ1) is 11.6. The van der Waals surface area contributed by atoms with Crippen LogP contribution < -0.4 is 5.73 Å². The van der Waals surface area contributed by atoms with Gasteiger partial charge in [-0.3, -0.25) is 9.59 Å². The van der Waals surface area contributed by atoms with Crippen LogP contribution in [0.5, 0.6) is 0 Å². The van der Waals surface area contributed by atoms with Crippen molar-refractivity contribution in [3.8, 4) is 0 Å². The molecular formula is C18H18N4O2. The van der Waals surface area contributed by atoms with Crippen molar-refractivity contribution in [1.29, 1.82) is 0 Å². The smallest absolute Gasteiger partial charge is 0.272 e. The molecule has 0 aliphatic carbocycles. The Hall–Kier alpha value is -2.89. The van der Waals surface area contributed by atoms with E-state index >= 15 is 0 Å². The Morgan fingerprint density at radius 1 is 1.08 bits per heavy atom. The van der Waals surface area contributed by atoms with Crippen molar-refractivity contribution in [3.05, 3.63) is 41.7 Å². The fourth-order valence-corrected chi connectivity index (χ4v) is 3.39. The van der Waals surface area contributed by atoms with Crippen LogP contribution in [0.15, 0.2) is 30.3 Å². The Kier molecular flexibility index (Phi) is 3.45. The molecule has 6 nitrogen and oxygen atoms in total. The van der Waals surface area contributed by atoms with Crippen LogP contribution in [-0.2, 0) is 0 Å². The lowest BCUT2D eigenvalue weighted by atomic mass is 10.1. The number of hydrogen-bond acceptors (Lipinski definition) is 3. The summed E-state index contributed by atoms with van der Waals surface area (Å²) >= 11 is 0. The number of benzene rings is 1. The highest BCUT2D eigenvalue weighted by Gasteiger charge is 2.23. The molecule has 2 aromatic heterocycles. The maximum Gasteiger partial charge on any atom is 0.272 e. The number of primary amides is 1. The highest BCUT2D eigenvalue weighted by molar-refractivity contribution is 6.15. The third-order valence-electron chi connectivity index (χ3n) is 4.59. The molecule has 3 N–H and O–H groups in total. The highest BCUT2D eigenvalue weighted by atomic mass is 16.2.